The van der Waals surface area contributed by atoms with Crippen LogP contribution < -0.4 is 10.6 Å². The van der Waals surface area contributed by atoms with E-state index in [9.17, 15) is 4.79 Å². The number of hydrogen-bond donors (Lipinski definition) is 2. The fraction of sp³-hybridized carbons (Fsp3) is 0.467. The van der Waals surface area contributed by atoms with E-state index in [4.69, 9.17) is 0 Å². The van der Waals surface area contributed by atoms with Gasteiger partial charge in [-0.05, 0) is 37.5 Å². The van der Waals surface area contributed by atoms with E-state index in [0.29, 0.717) is 12.5 Å². The third kappa shape index (κ3) is 3.70. The van der Waals surface area contributed by atoms with E-state index in [2.05, 4.69) is 42.5 Å². The van der Waals surface area contributed by atoms with Gasteiger partial charge >= 0.3 is 0 Å². The Morgan fingerprint density at radius 3 is 2.80 bits per heavy atom. The summed E-state index contributed by atoms with van der Waals surface area (Å²) in [6.45, 7) is 8.77. The molecule has 2 rings (SSSR count). The molecular weight excluding hydrogens is 270 g/mol. The van der Waals surface area contributed by atoms with Gasteiger partial charge in [-0.25, -0.2) is 4.98 Å². The lowest BCUT2D eigenvalue weighted by atomic mass is 10.2. The van der Waals surface area contributed by atoms with E-state index in [-0.39, 0.29) is 11.9 Å². The van der Waals surface area contributed by atoms with Gasteiger partial charge in [0.25, 0.3) is 0 Å². The van der Waals surface area contributed by atoms with Crippen molar-refractivity contribution in [1.82, 2.24) is 10.3 Å². The lowest BCUT2D eigenvalue weighted by molar-refractivity contribution is -0.121. The summed E-state index contributed by atoms with van der Waals surface area (Å²) in [6, 6.07) is 5.89. The normalized spacial score (nSPS) is 12.7. The number of anilines is 1. The smallest absolute Gasteiger partial charge is 0.242 e. The van der Waals surface area contributed by atoms with E-state index in [1.165, 1.54) is 5.56 Å². The van der Waals surface area contributed by atoms with Crippen LogP contribution in [0.4, 0.5) is 5.13 Å². The molecule has 1 amide bonds. The Morgan fingerprint density at radius 1 is 1.35 bits per heavy atom. The van der Waals surface area contributed by atoms with Crippen molar-refractivity contribution in [2.75, 3.05) is 11.9 Å². The summed E-state index contributed by atoms with van der Waals surface area (Å²) in [6.07, 6.45) is 0. The summed E-state index contributed by atoms with van der Waals surface area (Å²) in [5.74, 6) is 0.464. The topological polar surface area (TPSA) is 54.0 Å². The van der Waals surface area contributed by atoms with Crippen molar-refractivity contribution in [3.8, 4) is 0 Å². The van der Waals surface area contributed by atoms with Crippen molar-refractivity contribution in [3.05, 3.63) is 23.8 Å². The molecule has 0 aliphatic carbocycles. The second-order valence-corrected chi connectivity index (χ2v) is 6.53. The van der Waals surface area contributed by atoms with Crippen LogP contribution in [0.3, 0.4) is 0 Å². The maximum Gasteiger partial charge on any atom is 0.242 e. The lowest BCUT2D eigenvalue weighted by Crippen LogP contribution is -2.39. The average Bonchev–Trinajstić information content (AvgIpc) is 2.76. The molecular formula is C15H21N3OS. The van der Waals surface area contributed by atoms with Gasteiger partial charge in [0.2, 0.25) is 5.91 Å². The number of hydrogen-bond acceptors (Lipinski definition) is 4. The Bertz CT molecular complexity index is 606. The van der Waals surface area contributed by atoms with Gasteiger partial charge in [0.05, 0.1) is 10.2 Å². The zero-order valence-electron chi connectivity index (χ0n) is 12.4. The van der Waals surface area contributed by atoms with Crippen LogP contribution in [0.5, 0.6) is 0 Å². The van der Waals surface area contributed by atoms with Gasteiger partial charge in [0.15, 0.2) is 5.13 Å². The standard InChI is InChI=1S/C15H21N3OS/c1-9(2)8-16-14(19)11(4)17-15-18-12-6-5-10(3)7-13(12)20-15/h5-7,9,11H,8H2,1-4H3,(H,16,19)(H,17,18). The Morgan fingerprint density at radius 2 is 2.10 bits per heavy atom. The van der Waals surface area contributed by atoms with E-state index < -0.39 is 0 Å². The van der Waals surface area contributed by atoms with Crippen LogP contribution in [0.15, 0.2) is 18.2 Å². The van der Waals surface area contributed by atoms with Crippen LogP contribution in [0, 0.1) is 12.8 Å². The maximum absolute atomic E-state index is 11.9. The molecule has 1 aromatic heterocycles. The van der Waals surface area contributed by atoms with Crippen LogP contribution in [0.25, 0.3) is 10.2 Å². The minimum absolute atomic E-state index is 0.00846. The maximum atomic E-state index is 11.9. The predicted octanol–water partition coefficient (Wildman–Crippen LogP) is 3.18. The Hall–Kier alpha value is -1.62. The molecule has 0 radical (unpaired) electrons. The number of benzene rings is 1. The van der Waals surface area contributed by atoms with Gasteiger partial charge in [-0.1, -0.05) is 31.3 Å². The highest BCUT2D eigenvalue weighted by atomic mass is 32.1. The minimum atomic E-state index is -0.282. The average molecular weight is 291 g/mol. The second kappa shape index (κ2) is 6.22. The molecule has 2 aromatic rings. The first kappa shape index (κ1) is 14.8. The predicted molar refractivity (Wildman–Crippen MR) is 85.3 cm³/mol. The van der Waals surface area contributed by atoms with Crippen molar-refractivity contribution in [3.63, 3.8) is 0 Å². The Labute approximate surface area is 123 Å². The molecule has 108 valence electrons. The van der Waals surface area contributed by atoms with E-state index in [1.807, 2.05) is 19.1 Å². The summed E-state index contributed by atoms with van der Waals surface area (Å²) in [7, 11) is 0. The Balaban J connectivity index is 2.02. The number of carbonyl (C=O) groups excluding carboxylic acids is 1. The highest BCUT2D eigenvalue weighted by Crippen LogP contribution is 2.27. The molecule has 5 heteroatoms. The molecule has 0 aliphatic heterocycles. The fourth-order valence-corrected chi connectivity index (χ4v) is 2.85. The number of nitrogens with zero attached hydrogens (tertiary/aromatic N) is 1. The summed E-state index contributed by atoms with van der Waals surface area (Å²) in [5, 5.41) is 6.88. The van der Waals surface area contributed by atoms with Crippen LogP contribution in [-0.4, -0.2) is 23.5 Å². The van der Waals surface area contributed by atoms with E-state index in [1.54, 1.807) is 11.3 Å². The second-order valence-electron chi connectivity index (χ2n) is 5.50. The monoisotopic (exact) mass is 291 g/mol. The van der Waals surface area contributed by atoms with Crippen molar-refractivity contribution in [2.45, 2.75) is 33.7 Å². The van der Waals surface area contributed by atoms with Gasteiger partial charge in [0, 0.05) is 6.54 Å². The highest BCUT2D eigenvalue weighted by molar-refractivity contribution is 7.22. The number of aryl methyl sites for hydroxylation is 1. The largest absolute Gasteiger partial charge is 0.354 e. The number of rotatable bonds is 5. The van der Waals surface area contributed by atoms with Gasteiger partial charge in [-0.15, -0.1) is 0 Å². The molecule has 0 fully saturated rings. The van der Waals surface area contributed by atoms with Crippen molar-refractivity contribution < 1.29 is 4.79 Å². The number of fused-ring (bicyclic) bond motifs is 1. The molecule has 0 saturated heterocycles. The first-order chi connectivity index (χ1) is 9.45. The summed E-state index contributed by atoms with van der Waals surface area (Å²) >= 11 is 1.58. The minimum Gasteiger partial charge on any atom is -0.354 e. The highest BCUT2D eigenvalue weighted by Gasteiger charge is 2.14. The molecule has 0 bridgehead atoms. The van der Waals surface area contributed by atoms with Crippen LogP contribution >= 0.6 is 11.3 Å². The molecule has 1 heterocycles. The van der Waals surface area contributed by atoms with E-state index >= 15 is 0 Å². The SMILES string of the molecule is Cc1ccc2nc(NC(C)C(=O)NCC(C)C)sc2c1. The van der Waals surface area contributed by atoms with Crippen LogP contribution in [0.1, 0.15) is 26.3 Å². The first-order valence-corrected chi connectivity index (χ1v) is 7.69. The molecule has 1 aromatic carbocycles. The zero-order chi connectivity index (χ0) is 14.7. The number of nitrogens with one attached hydrogen (secondary N) is 2. The van der Waals surface area contributed by atoms with Gasteiger partial charge in [-0.3, -0.25) is 4.79 Å². The van der Waals surface area contributed by atoms with Crippen molar-refractivity contribution >= 4 is 32.6 Å². The summed E-state index contributed by atoms with van der Waals surface area (Å²) in [5.41, 5.74) is 2.19. The lowest BCUT2D eigenvalue weighted by Gasteiger charge is -2.14. The molecule has 0 aliphatic rings. The first-order valence-electron chi connectivity index (χ1n) is 6.87. The fourth-order valence-electron chi connectivity index (χ4n) is 1.80. The van der Waals surface area contributed by atoms with Crippen LogP contribution in [-0.2, 0) is 4.79 Å². The molecule has 0 spiro atoms. The number of thiazole rings is 1. The summed E-state index contributed by atoms with van der Waals surface area (Å²) in [4.78, 5) is 16.4. The van der Waals surface area contributed by atoms with Gasteiger partial charge < -0.3 is 10.6 Å². The molecule has 1 atom stereocenters. The van der Waals surface area contributed by atoms with Crippen molar-refractivity contribution in [1.29, 1.82) is 0 Å². The molecule has 1 unspecified atom stereocenters. The van der Waals surface area contributed by atoms with Crippen molar-refractivity contribution in [2.24, 2.45) is 5.92 Å². The van der Waals surface area contributed by atoms with E-state index in [0.717, 1.165) is 15.3 Å². The zero-order valence-corrected chi connectivity index (χ0v) is 13.2. The number of carbonyl (C=O) groups is 1. The Kier molecular flexibility index (Phi) is 4.60. The molecule has 20 heavy (non-hydrogen) atoms. The van der Waals surface area contributed by atoms with Crippen LogP contribution in [0.2, 0.25) is 0 Å². The molecule has 4 nitrogen and oxygen atoms in total. The number of aromatic nitrogens is 1. The summed E-state index contributed by atoms with van der Waals surface area (Å²) < 4.78 is 1.14. The third-order valence-electron chi connectivity index (χ3n) is 2.96. The van der Waals surface area contributed by atoms with Gasteiger partial charge in [-0.2, -0.15) is 0 Å². The number of amides is 1. The molecule has 0 saturated carbocycles. The molecule has 2 N–H and O–H groups in total. The third-order valence-corrected chi connectivity index (χ3v) is 3.91. The quantitative estimate of drug-likeness (QED) is 0.889. The van der Waals surface area contributed by atoms with Gasteiger partial charge in [0.1, 0.15) is 6.04 Å².